The number of anilines is 1. The van der Waals surface area contributed by atoms with Crippen LogP contribution in [0.15, 0.2) is 55.2 Å². The van der Waals surface area contributed by atoms with Gasteiger partial charge in [-0.1, -0.05) is 0 Å². The van der Waals surface area contributed by atoms with Crippen molar-refractivity contribution in [1.29, 1.82) is 0 Å². The van der Waals surface area contributed by atoms with Crippen molar-refractivity contribution in [3.8, 4) is 5.75 Å². The monoisotopic (exact) mass is 462 g/mol. The maximum absolute atomic E-state index is 11.7. The van der Waals surface area contributed by atoms with E-state index in [0.29, 0.717) is 6.61 Å². The van der Waals surface area contributed by atoms with Crippen LogP contribution in [0.25, 0.3) is 21.0 Å². The molecule has 1 unspecified atom stereocenters. The lowest BCUT2D eigenvalue weighted by atomic mass is 9.90. The van der Waals surface area contributed by atoms with Crippen LogP contribution in [0.5, 0.6) is 5.75 Å². The lowest BCUT2D eigenvalue weighted by molar-refractivity contribution is -0.137. The van der Waals surface area contributed by atoms with Crippen LogP contribution in [-0.2, 0) is 4.79 Å². The van der Waals surface area contributed by atoms with Crippen LogP contribution in [0.3, 0.4) is 0 Å². The highest BCUT2D eigenvalue weighted by atomic mass is 32.1. The molecule has 0 aliphatic heterocycles. The number of fused-ring (bicyclic) bond motifs is 2. The molecule has 9 nitrogen and oxygen atoms in total. The van der Waals surface area contributed by atoms with Crippen molar-refractivity contribution in [2.45, 2.75) is 18.8 Å². The highest BCUT2D eigenvalue weighted by Crippen LogP contribution is 2.37. The first kappa shape index (κ1) is 21.0. The largest absolute Gasteiger partial charge is 0.493 e. The number of carboxylic acids is 1. The zero-order valence-electron chi connectivity index (χ0n) is 17.6. The number of ether oxygens (including phenoxy) is 1. The van der Waals surface area contributed by atoms with Crippen molar-refractivity contribution in [1.82, 2.24) is 24.3 Å². The molecule has 1 atom stereocenters. The summed E-state index contributed by atoms with van der Waals surface area (Å²) in [6, 6.07) is 7.73. The van der Waals surface area contributed by atoms with Crippen molar-refractivity contribution in [2.75, 3.05) is 18.5 Å². The van der Waals surface area contributed by atoms with Gasteiger partial charge in [0.25, 0.3) is 0 Å². The summed E-state index contributed by atoms with van der Waals surface area (Å²) in [7, 11) is 0. The maximum atomic E-state index is 11.7. The Balaban J connectivity index is 1.34. The minimum atomic E-state index is -0.876. The molecule has 0 saturated heterocycles. The summed E-state index contributed by atoms with van der Waals surface area (Å²) in [4.78, 5) is 26.6. The van der Waals surface area contributed by atoms with E-state index in [1.807, 2.05) is 30.5 Å². The van der Waals surface area contributed by atoms with E-state index in [9.17, 15) is 9.90 Å². The van der Waals surface area contributed by atoms with E-state index in [1.165, 1.54) is 11.5 Å². The Morgan fingerprint density at radius 3 is 2.97 bits per heavy atom. The predicted octanol–water partition coefficient (Wildman–Crippen LogP) is 4.38. The third-order valence-electron chi connectivity index (χ3n) is 5.46. The molecule has 10 heteroatoms. The predicted molar refractivity (Wildman–Crippen MR) is 127 cm³/mol. The lowest BCUT2D eigenvalue weighted by Gasteiger charge is -2.15. The molecule has 5 aromatic rings. The normalized spacial score (nSPS) is 12.2. The zero-order chi connectivity index (χ0) is 22.6. The van der Waals surface area contributed by atoms with Gasteiger partial charge in [-0.25, -0.2) is 4.98 Å². The zero-order valence-corrected chi connectivity index (χ0v) is 18.4. The summed E-state index contributed by atoms with van der Waals surface area (Å²) < 4.78 is 11.1. The maximum Gasteiger partial charge on any atom is 0.304 e. The summed E-state index contributed by atoms with van der Waals surface area (Å²) >= 11 is 1.38. The second-order valence-electron chi connectivity index (χ2n) is 7.60. The minimum Gasteiger partial charge on any atom is -0.493 e. The van der Waals surface area contributed by atoms with E-state index in [0.717, 1.165) is 56.9 Å². The van der Waals surface area contributed by atoms with Crippen molar-refractivity contribution < 1.29 is 14.6 Å². The van der Waals surface area contributed by atoms with E-state index in [4.69, 9.17) is 4.74 Å². The molecule has 168 valence electrons. The van der Waals surface area contributed by atoms with Crippen molar-refractivity contribution in [3.63, 3.8) is 0 Å². The standard InChI is InChI=1S/C23H22N6O3S/c30-21(31)11-16(22-18-13-29-33-20(18)4-6-24-22)17-12-28-19-10-14(2-3-15(17)19)32-9-1-5-25-23-26-7-8-27-23/h2-4,6-8,10,12-13,16,28H,1,5,9,11H2,(H,30,31)(H2,25,26,27). The van der Waals surface area contributed by atoms with Gasteiger partial charge in [0.15, 0.2) is 5.95 Å². The molecule has 33 heavy (non-hydrogen) atoms. The molecule has 0 aliphatic carbocycles. The number of hydrogen-bond donors (Lipinski definition) is 4. The number of H-pyrrole nitrogens is 2. The number of carboxylic acid groups (broad SMARTS) is 1. The third-order valence-corrected chi connectivity index (χ3v) is 6.23. The van der Waals surface area contributed by atoms with Gasteiger partial charge in [-0.05, 0) is 41.7 Å². The van der Waals surface area contributed by atoms with Crippen LogP contribution in [0.2, 0.25) is 0 Å². The van der Waals surface area contributed by atoms with Crippen molar-refractivity contribution >= 4 is 44.4 Å². The van der Waals surface area contributed by atoms with Gasteiger partial charge in [0.1, 0.15) is 5.75 Å². The Bertz CT molecular complexity index is 1380. The molecule has 0 bridgehead atoms. The molecule has 4 aromatic heterocycles. The molecule has 0 aliphatic rings. The fourth-order valence-electron chi connectivity index (χ4n) is 3.96. The molecule has 5 rings (SSSR count). The van der Waals surface area contributed by atoms with Crippen molar-refractivity contribution in [3.05, 3.63) is 66.5 Å². The van der Waals surface area contributed by atoms with Gasteiger partial charge >= 0.3 is 5.97 Å². The topological polar surface area (TPSA) is 129 Å². The van der Waals surface area contributed by atoms with Gasteiger partial charge in [-0.15, -0.1) is 0 Å². The SMILES string of the molecule is O=C(O)CC(c1c[nH]c2cc(OCCCNc3ncc[nH]3)ccc12)c1nccc2sncc12. The number of imidazole rings is 1. The van der Waals surface area contributed by atoms with Crippen molar-refractivity contribution in [2.24, 2.45) is 0 Å². The first-order chi connectivity index (χ1) is 16.2. The van der Waals surface area contributed by atoms with Gasteiger partial charge < -0.3 is 25.1 Å². The highest BCUT2D eigenvalue weighted by Gasteiger charge is 2.25. The van der Waals surface area contributed by atoms with Gasteiger partial charge in [0, 0.05) is 59.6 Å². The molecule has 0 fully saturated rings. The molecule has 4 heterocycles. The summed E-state index contributed by atoms with van der Waals surface area (Å²) in [6.45, 7) is 1.31. The molecule has 0 amide bonds. The van der Waals surface area contributed by atoms with Gasteiger partial charge in [-0.3, -0.25) is 9.78 Å². The van der Waals surface area contributed by atoms with E-state index < -0.39 is 11.9 Å². The summed E-state index contributed by atoms with van der Waals surface area (Å²) in [5.41, 5.74) is 2.52. The third kappa shape index (κ3) is 4.51. The first-order valence-corrected chi connectivity index (χ1v) is 11.3. The van der Waals surface area contributed by atoms with Crippen LogP contribution in [0, 0.1) is 0 Å². The number of aromatic nitrogens is 5. The Morgan fingerprint density at radius 2 is 2.12 bits per heavy atom. The number of nitrogens with one attached hydrogen (secondary N) is 3. The van der Waals surface area contributed by atoms with Crippen LogP contribution in [0.1, 0.15) is 30.0 Å². The van der Waals surface area contributed by atoms with Gasteiger partial charge in [0.05, 0.1) is 29.6 Å². The van der Waals surface area contributed by atoms with E-state index in [-0.39, 0.29) is 6.42 Å². The van der Waals surface area contributed by atoms with E-state index in [1.54, 1.807) is 24.8 Å². The molecule has 0 radical (unpaired) electrons. The van der Waals surface area contributed by atoms with Crippen LogP contribution in [0.4, 0.5) is 5.95 Å². The molecule has 0 saturated carbocycles. The minimum absolute atomic E-state index is 0.0597. The summed E-state index contributed by atoms with van der Waals surface area (Å²) in [5.74, 6) is 0.232. The molecule has 4 N–H and O–H groups in total. The second-order valence-corrected chi connectivity index (χ2v) is 8.44. The number of aliphatic carboxylic acids is 1. The Kier molecular flexibility index (Phi) is 5.90. The average molecular weight is 463 g/mol. The first-order valence-electron chi connectivity index (χ1n) is 10.6. The number of aromatic amines is 2. The number of nitrogens with zero attached hydrogens (tertiary/aromatic N) is 3. The molecule has 1 aromatic carbocycles. The Hall–Kier alpha value is -3.92. The van der Waals surface area contributed by atoms with Gasteiger partial charge in [0.2, 0.25) is 0 Å². The summed E-state index contributed by atoms with van der Waals surface area (Å²) in [6.07, 6.45) is 9.58. The fourth-order valence-corrected chi connectivity index (χ4v) is 4.61. The van der Waals surface area contributed by atoms with E-state index >= 15 is 0 Å². The quantitative estimate of drug-likeness (QED) is 0.227. The second kappa shape index (κ2) is 9.29. The van der Waals surface area contributed by atoms with Crippen LogP contribution in [-0.4, -0.2) is 48.5 Å². The molecular formula is C23H22N6O3S. The Morgan fingerprint density at radius 1 is 1.18 bits per heavy atom. The molecule has 0 spiro atoms. The van der Waals surface area contributed by atoms with E-state index in [2.05, 4.69) is 29.6 Å². The van der Waals surface area contributed by atoms with Crippen LogP contribution >= 0.6 is 11.5 Å². The lowest BCUT2D eigenvalue weighted by Crippen LogP contribution is -2.09. The Labute approximate surface area is 193 Å². The fraction of sp³-hybridized carbons (Fsp3) is 0.217. The number of carbonyl (C=O) groups is 1. The number of benzene rings is 1. The number of hydrogen-bond acceptors (Lipinski definition) is 7. The number of pyridine rings is 1. The molecular weight excluding hydrogens is 440 g/mol. The average Bonchev–Trinajstić information content (AvgIpc) is 3.57. The number of rotatable bonds is 10. The van der Waals surface area contributed by atoms with Gasteiger partial charge in [-0.2, -0.15) is 4.37 Å². The highest BCUT2D eigenvalue weighted by molar-refractivity contribution is 7.13. The summed E-state index contributed by atoms with van der Waals surface area (Å²) in [5, 5.41) is 14.6. The van der Waals surface area contributed by atoms with Crippen LogP contribution < -0.4 is 10.1 Å². The smallest absolute Gasteiger partial charge is 0.304 e.